The van der Waals surface area contributed by atoms with Gasteiger partial charge in [0.2, 0.25) is 0 Å². The van der Waals surface area contributed by atoms with E-state index in [-0.39, 0.29) is 29.6 Å². The number of hydrogen-bond acceptors (Lipinski definition) is 4. The summed E-state index contributed by atoms with van der Waals surface area (Å²) in [6.07, 6.45) is 9.71. The van der Waals surface area contributed by atoms with Crippen LogP contribution in [0.15, 0.2) is 0 Å². The van der Waals surface area contributed by atoms with E-state index in [1.807, 2.05) is 0 Å². The summed E-state index contributed by atoms with van der Waals surface area (Å²) in [5, 5.41) is 9.02. The van der Waals surface area contributed by atoms with E-state index >= 15 is 0 Å². The summed E-state index contributed by atoms with van der Waals surface area (Å²) in [6, 6.07) is 0. The molecular weight excluding hydrogens is 311 g/mol. The third kappa shape index (κ3) is 14.5. The maximum atomic E-state index is 11.3. The Labute approximate surface area is 159 Å². The second-order valence-corrected chi connectivity index (χ2v) is 7.70. The first-order chi connectivity index (χ1) is 9.91. The zero-order valence-corrected chi connectivity index (χ0v) is 17.5. The van der Waals surface area contributed by atoms with Crippen molar-refractivity contribution < 1.29 is 47.6 Å². The molecule has 4 nitrogen and oxygen atoms in total. The molecule has 0 saturated heterocycles. The summed E-state index contributed by atoms with van der Waals surface area (Å²) in [6.45, 7) is 4.23. The molecule has 0 spiro atoms. The van der Waals surface area contributed by atoms with Crippen LogP contribution >= 0.6 is 0 Å². The van der Waals surface area contributed by atoms with Crippen molar-refractivity contribution >= 4 is 10.1 Å². The summed E-state index contributed by atoms with van der Waals surface area (Å²) in [7, 11) is -4.24. The van der Waals surface area contributed by atoms with Gasteiger partial charge in [-0.25, -0.2) is 8.42 Å². The zero-order valence-electron chi connectivity index (χ0n) is 14.7. The van der Waals surface area contributed by atoms with E-state index in [0.29, 0.717) is 25.7 Å². The molecule has 0 saturated carbocycles. The van der Waals surface area contributed by atoms with E-state index in [2.05, 4.69) is 13.8 Å². The average Bonchev–Trinajstić information content (AvgIpc) is 2.40. The molecule has 0 rings (SSSR count). The molecule has 0 aromatic heterocycles. The van der Waals surface area contributed by atoms with Crippen LogP contribution in [0.25, 0.3) is 0 Å². The summed E-state index contributed by atoms with van der Waals surface area (Å²) in [5.74, 6) is 0. The van der Waals surface area contributed by atoms with Crippen molar-refractivity contribution in [3.05, 3.63) is 0 Å². The van der Waals surface area contributed by atoms with E-state index in [4.69, 9.17) is 0 Å². The van der Waals surface area contributed by atoms with Crippen LogP contribution in [-0.2, 0) is 10.1 Å². The van der Waals surface area contributed by atoms with Gasteiger partial charge in [0.1, 0.15) is 0 Å². The van der Waals surface area contributed by atoms with Crippen molar-refractivity contribution in [1.82, 2.24) is 0 Å². The number of aliphatic hydroxyl groups excluding tert-OH is 1. The minimum Gasteiger partial charge on any atom is -0.748 e. The van der Waals surface area contributed by atoms with Crippen LogP contribution < -0.4 is 29.6 Å². The topological polar surface area (TPSA) is 77.4 Å². The van der Waals surface area contributed by atoms with Crippen LogP contribution in [0.4, 0.5) is 0 Å². The molecule has 0 aliphatic rings. The molecule has 128 valence electrons. The maximum absolute atomic E-state index is 11.3. The smallest absolute Gasteiger partial charge is 0.748 e. The van der Waals surface area contributed by atoms with Gasteiger partial charge in [-0.15, -0.1) is 0 Å². The Hall–Kier alpha value is 0.870. The summed E-state index contributed by atoms with van der Waals surface area (Å²) in [4.78, 5) is 0. The Bertz CT molecular complexity index is 333. The molecule has 0 aliphatic heterocycles. The molecule has 0 bridgehead atoms. The van der Waals surface area contributed by atoms with Gasteiger partial charge in [-0.05, 0) is 25.7 Å². The SMILES string of the molecule is CCCCCCCC(CCC(O)CCCCC)S(=O)(=O)[O-].[Na+]. The van der Waals surface area contributed by atoms with Gasteiger partial charge in [-0.2, -0.15) is 0 Å². The number of rotatable bonds is 14. The second kappa shape index (κ2) is 15.4. The van der Waals surface area contributed by atoms with Gasteiger partial charge in [0.05, 0.1) is 16.2 Å². The molecule has 2 atom stereocenters. The fourth-order valence-electron chi connectivity index (χ4n) is 2.56. The summed E-state index contributed by atoms with van der Waals surface area (Å²) < 4.78 is 33.9. The van der Waals surface area contributed by atoms with Gasteiger partial charge < -0.3 is 9.66 Å². The molecule has 1 N–H and O–H groups in total. The van der Waals surface area contributed by atoms with Gasteiger partial charge in [-0.3, -0.25) is 0 Å². The molecule has 6 heteroatoms. The molecule has 2 unspecified atom stereocenters. The molecule has 0 radical (unpaired) electrons. The Balaban J connectivity index is 0. The first-order valence-electron chi connectivity index (χ1n) is 8.54. The number of aliphatic hydroxyl groups is 1. The Morgan fingerprint density at radius 3 is 1.86 bits per heavy atom. The Morgan fingerprint density at radius 1 is 0.818 bits per heavy atom. The Kier molecular flexibility index (Phi) is 17.6. The standard InChI is InChI=1S/C16H34O4S.Na/c1-3-5-7-8-10-12-16(21(18,19)20)14-13-15(17)11-9-6-4-2;/h15-17H,3-14H2,1-2H3,(H,18,19,20);/q;+1/p-1. The first-order valence-corrected chi connectivity index (χ1v) is 10.0. The van der Waals surface area contributed by atoms with Crippen molar-refractivity contribution in [2.45, 2.75) is 102 Å². The monoisotopic (exact) mass is 344 g/mol. The minimum absolute atomic E-state index is 0. The van der Waals surface area contributed by atoms with Gasteiger partial charge in [0.25, 0.3) is 0 Å². The predicted molar refractivity (Wildman–Crippen MR) is 86.2 cm³/mol. The fourth-order valence-corrected chi connectivity index (χ4v) is 3.44. The van der Waals surface area contributed by atoms with Crippen LogP contribution in [-0.4, -0.2) is 29.4 Å². The minimum atomic E-state index is -4.24. The van der Waals surface area contributed by atoms with Crippen molar-refractivity contribution in [2.75, 3.05) is 0 Å². The van der Waals surface area contributed by atoms with Crippen molar-refractivity contribution in [3.8, 4) is 0 Å². The van der Waals surface area contributed by atoms with Crippen LogP contribution in [0, 0.1) is 0 Å². The van der Waals surface area contributed by atoms with Crippen LogP contribution in [0.1, 0.15) is 90.9 Å². The number of hydrogen-bond donors (Lipinski definition) is 1. The van der Waals surface area contributed by atoms with Gasteiger partial charge >= 0.3 is 29.6 Å². The summed E-state index contributed by atoms with van der Waals surface area (Å²) >= 11 is 0. The largest absolute Gasteiger partial charge is 1.00 e. The van der Waals surface area contributed by atoms with Crippen molar-refractivity contribution in [1.29, 1.82) is 0 Å². The molecule has 0 heterocycles. The Morgan fingerprint density at radius 2 is 1.32 bits per heavy atom. The van der Waals surface area contributed by atoms with Crippen molar-refractivity contribution in [3.63, 3.8) is 0 Å². The molecule has 0 aliphatic carbocycles. The van der Waals surface area contributed by atoms with Crippen LogP contribution in [0.3, 0.4) is 0 Å². The number of unbranched alkanes of at least 4 members (excludes halogenated alkanes) is 6. The molecule has 22 heavy (non-hydrogen) atoms. The second-order valence-electron chi connectivity index (χ2n) is 6.04. The molecular formula is C16H33NaO4S. The van der Waals surface area contributed by atoms with Gasteiger partial charge in [0, 0.05) is 5.25 Å². The molecule has 0 amide bonds. The quantitative estimate of drug-likeness (QED) is 0.290. The van der Waals surface area contributed by atoms with E-state index in [1.54, 1.807) is 0 Å². The van der Waals surface area contributed by atoms with E-state index in [9.17, 15) is 18.1 Å². The zero-order chi connectivity index (χ0) is 16.1. The molecule has 0 aromatic rings. The van der Waals surface area contributed by atoms with E-state index in [0.717, 1.165) is 51.4 Å². The average molecular weight is 344 g/mol. The van der Waals surface area contributed by atoms with Crippen molar-refractivity contribution in [2.24, 2.45) is 0 Å². The first kappa shape index (κ1) is 25.1. The summed E-state index contributed by atoms with van der Waals surface area (Å²) in [5.41, 5.74) is 0. The van der Waals surface area contributed by atoms with E-state index in [1.165, 1.54) is 0 Å². The normalized spacial score (nSPS) is 14.4. The third-order valence-electron chi connectivity index (χ3n) is 4.00. The molecule has 0 aromatic carbocycles. The predicted octanol–water partition coefficient (Wildman–Crippen LogP) is 0.986. The fraction of sp³-hybridized carbons (Fsp3) is 1.00. The van der Waals surface area contributed by atoms with Crippen LogP contribution in [0.2, 0.25) is 0 Å². The molecule has 0 fully saturated rings. The van der Waals surface area contributed by atoms with Crippen LogP contribution in [0.5, 0.6) is 0 Å². The van der Waals surface area contributed by atoms with Gasteiger partial charge in [0.15, 0.2) is 0 Å². The maximum Gasteiger partial charge on any atom is 1.00 e. The van der Waals surface area contributed by atoms with E-state index < -0.39 is 21.5 Å². The third-order valence-corrected chi connectivity index (χ3v) is 5.29. The van der Waals surface area contributed by atoms with Gasteiger partial charge in [-0.1, -0.05) is 65.2 Å².